The van der Waals surface area contributed by atoms with Gasteiger partial charge in [0.15, 0.2) is 11.5 Å². The summed E-state index contributed by atoms with van der Waals surface area (Å²) in [4.78, 5) is 12.2. The van der Waals surface area contributed by atoms with Gasteiger partial charge in [0, 0.05) is 17.0 Å². The molecule has 7 heteroatoms. The Labute approximate surface area is 150 Å². The third-order valence-electron chi connectivity index (χ3n) is 3.69. The Kier molecular flexibility index (Phi) is 5.09. The van der Waals surface area contributed by atoms with Crippen LogP contribution in [0.15, 0.2) is 41.5 Å². The molecule has 2 aromatic carbocycles. The molecule has 0 radical (unpaired) electrons. The lowest BCUT2D eigenvalue weighted by molar-refractivity contribution is 0.0952. The van der Waals surface area contributed by atoms with Gasteiger partial charge in [-0.3, -0.25) is 4.79 Å². The number of halogens is 1. The number of fused-ring (bicyclic) bond motifs is 1. The van der Waals surface area contributed by atoms with Crippen LogP contribution >= 0.6 is 11.6 Å². The van der Waals surface area contributed by atoms with Crippen LogP contribution in [-0.4, -0.2) is 29.9 Å². The number of hydrazone groups is 1. The number of hydrogen-bond acceptors (Lipinski definition) is 5. The predicted molar refractivity (Wildman–Crippen MR) is 94.8 cm³/mol. The van der Waals surface area contributed by atoms with Crippen molar-refractivity contribution in [3.05, 3.63) is 52.5 Å². The van der Waals surface area contributed by atoms with Crippen LogP contribution in [0.2, 0.25) is 5.02 Å². The second-order valence-electron chi connectivity index (χ2n) is 5.51. The molecule has 2 aromatic rings. The van der Waals surface area contributed by atoms with E-state index >= 15 is 0 Å². The van der Waals surface area contributed by atoms with E-state index in [0.29, 0.717) is 35.4 Å². The number of nitrogens with one attached hydrogen (secondary N) is 1. The second kappa shape index (κ2) is 7.44. The lowest BCUT2D eigenvalue weighted by Crippen LogP contribution is -2.19. The molecular formula is C18H17ClN2O4. The molecule has 25 heavy (non-hydrogen) atoms. The standard InChI is InChI=1S/C18H17ClN2O4/c1-11(12-3-6-16-17(9-12)25-8-2-7-24-16)20-21-18(23)14-10-13(19)4-5-15(14)22/h3-6,9-10,22H,2,7-8H2,1H3,(H,21,23)/b20-11-. The molecule has 0 saturated heterocycles. The highest BCUT2D eigenvalue weighted by Crippen LogP contribution is 2.30. The number of carbonyl (C=O) groups excluding carboxylic acids is 1. The number of carbonyl (C=O) groups is 1. The van der Waals surface area contributed by atoms with Gasteiger partial charge in [-0.15, -0.1) is 0 Å². The van der Waals surface area contributed by atoms with Crippen LogP contribution in [-0.2, 0) is 0 Å². The SMILES string of the molecule is C/C(=N/NC(=O)c1cc(Cl)ccc1O)c1ccc2c(c1)OCCCO2. The molecule has 1 heterocycles. The van der Waals surface area contributed by atoms with Crippen molar-refractivity contribution in [1.82, 2.24) is 5.43 Å². The maximum Gasteiger partial charge on any atom is 0.275 e. The Balaban J connectivity index is 1.76. The average Bonchev–Trinajstić information content (AvgIpc) is 2.86. The molecule has 0 fully saturated rings. The number of phenolic OH excluding ortho intramolecular Hbond substituents is 1. The van der Waals surface area contributed by atoms with Crippen LogP contribution in [0.3, 0.4) is 0 Å². The van der Waals surface area contributed by atoms with E-state index in [4.69, 9.17) is 21.1 Å². The van der Waals surface area contributed by atoms with E-state index in [1.165, 1.54) is 18.2 Å². The van der Waals surface area contributed by atoms with Crippen molar-refractivity contribution >= 4 is 23.2 Å². The summed E-state index contributed by atoms with van der Waals surface area (Å²) in [6.07, 6.45) is 0.830. The molecule has 0 aliphatic carbocycles. The van der Waals surface area contributed by atoms with Crippen molar-refractivity contribution in [2.24, 2.45) is 5.10 Å². The molecule has 0 unspecified atom stereocenters. The highest BCUT2D eigenvalue weighted by Gasteiger charge is 2.13. The first kappa shape index (κ1) is 17.1. The molecule has 0 aromatic heterocycles. The van der Waals surface area contributed by atoms with Gasteiger partial charge in [-0.2, -0.15) is 5.10 Å². The number of phenols is 1. The first-order valence-electron chi connectivity index (χ1n) is 7.78. The monoisotopic (exact) mass is 360 g/mol. The smallest absolute Gasteiger partial charge is 0.275 e. The number of ether oxygens (including phenoxy) is 2. The Hall–Kier alpha value is -2.73. The first-order chi connectivity index (χ1) is 12.0. The maximum absolute atomic E-state index is 12.2. The number of rotatable bonds is 3. The van der Waals surface area contributed by atoms with Gasteiger partial charge in [0.1, 0.15) is 5.75 Å². The van der Waals surface area contributed by atoms with Crippen LogP contribution in [0, 0.1) is 0 Å². The van der Waals surface area contributed by atoms with Crippen molar-refractivity contribution in [2.75, 3.05) is 13.2 Å². The van der Waals surface area contributed by atoms with Crippen LogP contribution in [0.4, 0.5) is 0 Å². The Bertz CT molecular complexity index is 836. The number of hydrogen-bond donors (Lipinski definition) is 2. The molecule has 0 spiro atoms. The number of nitrogens with zero attached hydrogens (tertiary/aromatic N) is 1. The molecule has 0 saturated carbocycles. The van der Waals surface area contributed by atoms with Crippen LogP contribution < -0.4 is 14.9 Å². The van der Waals surface area contributed by atoms with E-state index in [2.05, 4.69) is 10.5 Å². The fourth-order valence-corrected chi connectivity index (χ4v) is 2.51. The van der Waals surface area contributed by atoms with E-state index < -0.39 is 5.91 Å². The minimum absolute atomic E-state index is 0.0581. The molecule has 130 valence electrons. The van der Waals surface area contributed by atoms with Gasteiger partial charge in [0.2, 0.25) is 0 Å². The Morgan fingerprint density at radius 2 is 1.92 bits per heavy atom. The van der Waals surface area contributed by atoms with Gasteiger partial charge in [-0.25, -0.2) is 5.43 Å². The molecule has 6 nitrogen and oxygen atoms in total. The average molecular weight is 361 g/mol. The minimum atomic E-state index is -0.548. The van der Waals surface area contributed by atoms with Gasteiger partial charge < -0.3 is 14.6 Å². The highest BCUT2D eigenvalue weighted by atomic mass is 35.5. The summed E-state index contributed by atoms with van der Waals surface area (Å²) in [5.41, 5.74) is 3.85. The quantitative estimate of drug-likeness (QED) is 0.649. The summed E-state index contributed by atoms with van der Waals surface area (Å²) in [7, 11) is 0. The van der Waals surface area contributed by atoms with E-state index in [1.807, 2.05) is 18.2 Å². The van der Waals surface area contributed by atoms with Crippen molar-refractivity contribution in [3.8, 4) is 17.2 Å². The molecule has 3 rings (SSSR count). The zero-order valence-electron chi connectivity index (χ0n) is 13.6. The summed E-state index contributed by atoms with van der Waals surface area (Å²) in [6, 6.07) is 9.72. The lowest BCUT2D eigenvalue weighted by Gasteiger charge is -2.09. The zero-order valence-corrected chi connectivity index (χ0v) is 14.3. The van der Waals surface area contributed by atoms with Gasteiger partial charge >= 0.3 is 0 Å². The first-order valence-corrected chi connectivity index (χ1v) is 8.15. The molecule has 1 aliphatic rings. The Morgan fingerprint density at radius 3 is 2.72 bits per heavy atom. The normalized spacial score (nSPS) is 13.9. The molecule has 0 atom stereocenters. The number of aromatic hydroxyl groups is 1. The van der Waals surface area contributed by atoms with Crippen LogP contribution in [0.5, 0.6) is 17.2 Å². The number of benzene rings is 2. The van der Waals surface area contributed by atoms with Crippen LogP contribution in [0.1, 0.15) is 29.3 Å². The summed E-state index contributed by atoms with van der Waals surface area (Å²) in [6.45, 7) is 2.98. The van der Waals surface area contributed by atoms with Crippen LogP contribution in [0.25, 0.3) is 0 Å². The third kappa shape index (κ3) is 4.03. The van der Waals surface area contributed by atoms with Gasteiger partial charge in [-0.05, 0) is 43.3 Å². The fraction of sp³-hybridized carbons (Fsp3) is 0.222. The summed E-state index contributed by atoms with van der Waals surface area (Å²) >= 11 is 5.85. The number of amides is 1. The van der Waals surface area contributed by atoms with Crippen molar-refractivity contribution in [2.45, 2.75) is 13.3 Å². The topological polar surface area (TPSA) is 80.2 Å². The van der Waals surface area contributed by atoms with Crippen molar-refractivity contribution in [1.29, 1.82) is 0 Å². The third-order valence-corrected chi connectivity index (χ3v) is 3.93. The van der Waals surface area contributed by atoms with E-state index in [1.54, 1.807) is 6.92 Å². The zero-order chi connectivity index (χ0) is 17.8. The van der Waals surface area contributed by atoms with E-state index in [-0.39, 0.29) is 11.3 Å². The van der Waals surface area contributed by atoms with Crippen molar-refractivity contribution < 1.29 is 19.4 Å². The maximum atomic E-state index is 12.2. The molecule has 1 amide bonds. The summed E-state index contributed by atoms with van der Waals surface area (Å²) < 4.78 is 11.2. The van der Waals surface area contributed by atoms with E-state index in [9.17, 15) is 9.90 Å². The summed E-state index contributed by atoms with van der Waals surface area (Å²) in [5, 5.41) is 14.2. The van der Waals surface area contributed by atoms with Crippen molar-refractivity contribution in [3.63, 3.8) is 0 Å². The molecular weight excluding hydrogens is 344 g/mol. The predicted octanol–water partition coefficient (Wildman–Crippen LogP) is 3.36. The van der Waals surface area contributed by atoms with Gasteiger partial charge in [-0.1, -0.05) is 11.6 Å². The summed E-state index contributed by atoms with van der Waals surface area (Å²) in [5.74, 6) is 0.643. The molecule has 2 N–H and O–H groups in total. The lowest BCUT2D eigenvalue weighted by atomic mass is 10.1. The van der Waals surface area contributed by atoms with Gasteiger partial charge in [0.05, 0.1) is 24.5 Å². The largest absolute Gasteiger partial charge is 0.507 e. The Morgan fingerprint density at radius 1 is 1.16 bits per heavy atom. The minimum Gasteiger partial charge on any atom is -0.507 e. The van der Waals surface area contributed by atoms with Gasteiger partial charge in [0.25, 0.3) is 5.91 Å². The second-order valence-corrected chi connectivity index (χ2v) is 5.95. The highest BCUT2D eigenvalue weighted by molar-refractivity contribution is 6.31. The molecule has 1 aliphatic heterocycles. The van der Waals surface area contributed by atoms with E-state index in [0.717, 1.165) is 12.0 Å². The fourth-order valence-electron chi connectivity index (χ4n) is 2.34. The molecule has 0 bridgehead atoms.